The molecular weight excluding hydrogens is 442 g/mol. The lowest BCUT2D eigenvalue weighted by molar-refractivity contribution is -0.136. The molecule has 35 heavy (non-hydrogen) atoms. The summed E-state index contributed by atoms with van der Waals surface area (Å²) in [6.45, 7) is 1.94. The van der Waals surface area contributed by atoms with Crippen LogP contribution in [0.1, 0.15) is 65.3 Å². The first kappa shape index (κ1) is 22.9. The van der Waals surface area contributed by atoms with Gasteiger partial charge in [-0.3, -0.25) is 4.79 Å². The van der Waals surface area contributed by atoms with Crippen LogP contribution in [0.3, 0.4) is 0 Å². The molecule has 0 radical (unpaired) electrons. The zero-order chi connectivity index (χ0) is 24.5. The molecule has 0 unspecified atom stereocenters. The van der Waals surface area contributed by atoms with Gasteiger partial charge < -0.3 is 19.3 Å². The van der Waals surface area contributed by atoms with E-state index in [2.05, 4.69) is 4.98 Å². The van der Waals surface area contributed by atoms with Gasteiger partial charge in [0.15, 0.2) is 0 Å². The first-order valence-corrected chi connectivity index (χ1v) is 12.0. The van der Waals surface area contributed by atoms with E-state index >= 15 is 0 Å². The van der Waals surface area contributed by atoms with Gasteiger partial charge in [-0.2, -0.15) is 0 Å². The van der Waals surface area contributed by atoms with Crippen LogP contribution < -0.4 is 4.74 Å². The number of carboxylic acid groups (broad SMARTS) is 1. The van der Waals surface area contributed by atoms with Crippen LogP contribution in [0.25, 0.3) is 11.8 Å². The molecule has 7 nitrogen and oxygen atoms in total. The summed E-state index contributed by atoms with van der Waals surface area (Å²) in [5, 5.41) is 9.23. The van der Waals surface area contributed by atoms with Crippen molar-refractivity contribution in [3.05, 3.63) is 82.9 Å². The van der Waals surface area contributed by atoms with Gasteiger partial charge in [-0.25, -0.2) is 9.78 Å². The van der Waals surface area contributed by atoms with E-state index in [0.717, 1.165) is 60.2 Å². The maximum Gasteiger partial charge on any atom is 0.335 e. The molecule has 1 aromatic heterocycles. The van der Waals surface area contributed by atoms with Crippen molar-refractivity contribution in [1.29, 1.82) is 0 Å². The number of carbonyl (C=O) groups excluding carboxylic acids is 1. The monoisotopic (exact) mass is 471 g/mol. The number of rotatable bonds is 5. The second-order valence-corrected chi connectivity index (χ2v) is 9.30. The summed E-state index contributed by atoms with van der Waals surface area (Å²) >= 11 is 0. The average Bonchev–Trinajstić information content (AvgIpc) is 3.31. The fraction of sp³-hybridized carbons (Fsp3) is 0.321. The number of hydrogen-bond donors (Lipinski definition) is 1. The second kappa shape index (κ2) is 9.41. The van der Waals surface area contributed by atoms with Gasteiger partial charge in [0.25, 0.3) is 5.91 Å². The minimum atomic E-state index is -0.943. The summed E-state index contributed by atoms with van der Waals surface area (Å²) in [7, 11) is 1.64. The van der Waals surface area contributed by atoms with Crippen molar-refractivity contribution in [2.75, 3.05) is 7.11 Å². The van der Waals surface area contributed by atoms with E-state index in [-0.39, 0.29) is 23.6 Å². The van der Waals surface area contributed by atoms with Crippen molar-refractivity contribution >= 4 is 18.0 Å². The molecule has 2 aliphatic rings. The van der Waals surface area contributed by atoms with Crippen LogP contribution in [0, 0.1) is 6.92 Å². The molecule has 0 aliphatic carbocycles. The smallest absolute Gasteiger partial charge is 0.335 e. The fourth-order valence-electron chi connectivity index (χ4n) is 5.33. The van der Waals surface area contributed by atoms with Crippen molar-refractivity contribution in [1.82, 2.24) is 14.5 Å². The van der Waals surface area contributed by atoms with Crippen LogP contribution in [0.5, 0.6) is 5.75 Å². The Balaban J connectivity index is 1.43. The molecule has 2 aromatic carbocycles. The Bertz CT molecular complexity index is 1290. The normalized spacial score (nSPS) is 21.1. The number of imidazole rings is 1. The molecule has 0 bridgehead atoms. The van der Waals surface area contributed by atoms with Crippen LogP contribution in [0.4, 0.5) is 0 Å². The van der Waals surface area contributed by atoms with Gasteiger partial charge in [0.1, 0.15) is 5.75 Å². The molecular formula is C28H29N3O4. The van der Waals surface area contributed by atoms with E-state index in [9.17, 15) is 14.7 Å². The van der Waals surface area contributed by atoms with Crippen LogP contribution in [-0.4, -0.2) is 44.6 Å². The van der Waals surface area contributed by atoms with E-state index in [1.165, 1.54) is 0 Å². The van der Waals surface area contributed by atoms with E-state index in [1.807, 2.05) is 59.0 Å². The number of benzene rings is 2. The predicted octanol–water partition coefficient (Wildman–Crippen LogP) is 5.19. The Kier molecular flexibility index (Phi) is 6.16. The number of carbonyl (C=O) groups is 2. The second-order valence-electron chi connectivity index (χ2n) is 9.30. The molecule has 2 saturated heterocycles. The third-order valence-electron chi connectivity index (χ3n) is 7.08. The summed E-state index contributed by atoms with van der Waals surface area (Å²) in [5.41, 5.74) is 4.79. The summed E-state index contributed by atoms with van der Waals surface area (Å²) < 4.78 is 7.56. The number of hydrogen-bond acceptors (Lipinski definition) is 4. The standard InChI is InChI=1S/C28H29N3O4/c1-18-16-30(17-29-18)25-13-6-19(15-26(25)35-2)14-22-11-12-23-4-3-5-24(31(23)27(22)32)20-7-9-21(10-8-20)28(33)34/h6-10,13-17,23-24H,3-5,11-12H2,1-2H3,(H,33,34)/t23-,24-/m0/s1. The fourth-order valence-corrected chi connectivity index (χ4v) is 5.33. The van der Waals surface area contributed by atoms with Gasteiger partial charge in [0, 0.05) is 17.8 Å². The number of nitrogens with zero attached hydrogens (tertiary/aromatic N) is 3. The topological polar surface area (TPSA) is 84.7 Å². The molecule has 3 heterocycles. The number of aromatic nitrogens is 2. The predicted molar refractivity (Wildman–Crippen MR) is 133 cm³/mol. The zero-order valence-corrected chi connectivity index (χ0v) is 20.0. The third kappa shape index (κ3) is 4.46. The van der Waals surface area contributed by atoms with Gasteiger partial charge in [-0.05, 0) is 80.5 Å². The minimum Gasteiger partial charge on any atom is -0.495 e. The Labute approximate surface area is 204 Å². The summed E-state index contributed by atoms with van der Waals surface area (Å²) in [4.78, 5) is 31.3. The number of methoxy groups -OCH3 is 1. The quantitative estimate of drug-likeness (QED) is 0.518. The van der Waals surface area contributed by atoms with Crippen LogP contribution in [0.2, 0.25) is 0 Å². The number of carboxylic acids is 1. The highest BCUT2D eigenvalue weighted by atomic mass is 16.5. The number of aromatic carboxylic acids is 1. The molecule has 2 aliphatic heterocycles. The number of fused-ring (bicyclic) bond motifs is 1. The highest BCUT2D eigenvalue weighted by Gasteiger charge is 2.39. The van der Waals surface area contributed by atoms with Crippen molar-refractivity contribution in [3.63, 3.8) is 0 Å². The van der Waals surface area contributed by atoms with Crippen molar-refractivity contribution < 1.29 is 19.4 Å². The largest absolute Gasteiger partial charge is 0.495 e. The average molecular weight is 472 g/mol. The summed E-state index contributed by atoms with van der Waals surface area (Å²) in [6, 6.07) is 13.1. The first-order valence-electron chi connectivity index (χ1n) is 12.0. The van der Waals surface area contributed by atoms with E-state index in [4.69, 9.17) is 4.74 Å². The maximum atomic E-state index is 13.7. The van der Waals surface area contributed by atoms with Crippen LogP contribution >= 0.6 is 0 Å². The lowest BCUT2D eigenvalue weighted by atomic mass is 9.83. The van der Waals surface area contributed by atoms with Gasteiger partial charge in [0.2, 0.25) is 0 Å². The minimum absolute atomic E-state index is 0.0332. The Morgan fingerprint density at radius 1 is 1.14 bits per heavy atom. The molecule has 180 valence electrons. The summed E-state index contributed by atoms with van der Waals surface area (Å²) in [6.07, 6.45) is 10.3. The Morgan fingerprint density at radius 2 is 1.94 bits per heavy atom. The van der Waals surface area contributed by atoms with Gasteiger partial charge in [-0.1, -0.05) is 18.2 Å². The number of aryl methyl sites for hydroxylation is 1. The molecule has 1 N–H and O–H groups in total. The van der Waals surface area contributed by atoms with Gasteiger partial charge in [-0.15, -0.1) is 0 Å². The maximum absolute atomic E-state index is 13.7. The highest BCUT2D eigenvalue weighted by molar-refractivity contribution is 5.99. The molecule has 0 spiro atoms. The Hall–Kier alpha value is -3.87. The molecule has 7 heteroatoms. The molecule has 1 amide bonds. The molecule has 5 rings (SSSR count). The van der Waals surface area contributed by atoms with E-state index in [1.54, 1.807) is 25.6 Å². The summed E-state index contributed by atoms with van der Waals surface area (Å²) in [5.74, 6) is -0.157. The molecule has 3 aromatic rings. The first-order chi connectivity index (χ1) is 16.9. The third-order valence-corrected chi connectivity index (χ3v) is 7.08. The number of ether oxygens (including phenoxy) is 1. The lowest BCUT2D eigenvalue weighted by Gasteiger charge is -2.46. The molecule has 2 fully saturated rings. The SMILES string of the molecule is COc1cc(C=C2CC[C@@H]3CCC[C@@H](c4ccc(C(=O)O)cc4)N3C2=O)ccc1-n1cnc(C)c1. The lowest BCUT2D eigenvalue weighted by Crippen LogP contribution is -2.49. The van der Waals surface area contributed by atoms with E-state index < -0.39 is 5.97 Å². The zero-order valence-electron chi connectivity index (χ0n) is 20.0. The van der Waals surface area contributed by atoms with Gasteiger partial charge in [0.05, 0.1) is 36.4 Å². The van der Waals surface area contributed by atoms with Crippen molar-refractivity contribution in [3.8, 4) is 11.4 Å². The Morgan fingerprint density at radius 3 is 2.63 bits per heavy atom. The van der Waals surface area contributed by atoms with Crippen LogP contribution in [-0.2, 0) is 4.79 Å². The molecule has 2 atom stereocenters. The van der Waals surface area contributed by atoms with Gasteiger partial charge >= 0.3 is 5.97 Å². The molecule has 0 saturated carbocycles. The van der Waals surface area contributed by atoms with E-state index in [0.29, 0.717) is 5.75 Å². The number of piperidine rings is 2. The number of amides is 1. The highest BCUT2D eigenvalue weighted by Crippen LogP contribution is 2.41. The van der Waals surface area contributed by atoms with Crippen molar-refractivity contribution in [2.24, 2.45) is 0 Å². The van der Waals surface area contributed by atoms with Crippen LogP contribution in [0.15, 0.2) is 60.6 Å². The van der Waals surface area contributed by atoms with Crippen molar-refractivity contribution in [2.45, 2.75) is 51.1 Å².